The normalized spacial score (nSPS) is 25.5. The van der Waals surface area contributed by atoms with Gasteiger partial charge in [-0.2, -0.15) is 0 Å². The molecule has 0 aliphatic carbocycles. The van der Waals surface area contributed by atoms with E-state index in [1.807, 2.05) is 58.0 Å². The maximum absolute atomic E-state index is 15.2. The fourth-order valence-corrected chi connectivity index (χ4v) is 9.28. The largest absolute Gasteiger partial charge is 0.455 e. The van der Waals surface area contributed by atoms with Crippen LogP contribution in [0.4, 0.5) is 0 Å². The van der Waals surface area contributed by atoms with Gasteiger partial charge in [0.2, 0.25) is 17.7 Å². The first-order chi connectivity index (χ1) is 25.0. The van der Waals surface area contributed by atoms with Crippen molar-refractivity contribution in [3.05, 3.63) is 61.2 Å². The first-order valence-corrected chi connectivity index (χ1v) is 19.1. The Kier molecular flexibility index (Phi) is 13.8. The van der Waals surface area contributed by atoms with Gasteiger partial charge in [-0.25, -0.2) is 0 Å². The van der Waals surface area contributed by atoms with Gasteiger partial charge in [0.05, 0.1) is 43.2 Å². The maximum Gasteiger partial charge on any atom is 0.313 e. The van der Waals surface area contributed by atoms with Gasteiger partial charge < -0.3 is 34.4 Å². The number of aliphatic hydroxyl groups is 1. The molecule has 3 aliphatic heterocycles. The maximum atomic E-state index is 15.2. The molecule has 11 nitrogen and oxygen atoms in total. The van der Waals surface area contributed by atoms with Crippen molar-refractivity contribution in [2.75, 3.05) is 26.9 Å². The van der Waals surface area contributed by atoms with E-state index in [1.54, 1.807) is 22.0 Å². The molecule has 3 aliphatic rings. The average molecular weight is 738 g/mol. The topological polar surface area (TPSA) is 135 Å². The van der Waals surface area contributed by atoms with Crippen molar-refractivity contribution in [3.8, 4) is 0 Å². The lowest BCUT2D eigenvalue weighted by atomic mass is 9.70. The number of nitrogens with one attached hydrogen (secondary N) is 1. The fraction of sp³-hybridized carbons (Fsp3) is 0.667. The molecule has 11 heteroatoms. The van der Waals surface area contributed by atoms with Crippen LogP contribution in [-0.4, -0.2) is 101 Å². The van der Waals surface area contributed by atoms with Crippen LogP contribution in [0.1, 0.15) is 98.7 Å². The predicted molar refractivity (Wildman–Crippen MR) is 203 cm³/mol. The highest BCUT2D eigenvalue weighted by Crippen LogP contribution is 2.60. The van der Waals surface area contributed by atoms with Crippen molar-refractivity contribution in [2.24, 2.45) is 23.2 Å². The van der Waals surface area contributed by atoms with E-state index in [9.17, 15) is 19.5 Å². The smallest absolute Gasteiger partial charge is 0.313 e. The van der Waals surface area contributed by atoms with Gasteiger partial charge in [-0.3, -0.25) is 19.2 Å². The zero-order valence-electron chi connectivity index (χ0n) is 33.1. The number of likely N-dealkylation sites (tertiary alicyclic amines) is 1. The molecule has 1 spiro atoms. The number of hydrogen-bond donors (Lipinski definition) is 2. The molecule has 0 saturated carbocycles. The van der Waals surface area contributed by atoms with Crippen LogP contribution in [0.3, 0.4) is 0 Å². The number of allylic oxidation sites excluding steroid dienone is 1. The van der Waals surface area contributed by atoms with E-state index < -0.39 is 59.3 Å². The minimum Gasteiger partial charge on any atom is -0.455 e. The second kappa shape index (κ2) is 17.3. The van der Waals surface area contributed by atoms with E-state index in [0.29, 0.717) is 37.7 Å². The second-order valence-electron chi connectivity index (χ2n) is 17.3. The average Bonchev–Trinajstić information content (AvgIpc) is 3.73. The predicted octanol–water partition coefficient (Wildman–Crippen LogP) is 5.38. The Morgan fingerprint density at radius 2 is 1.81 bits per heavy atom. The van der Waals surface area contributed by atoms with Crippen LogP contribution in [-0.2, 0) is 33.4 Å². The lowest BCUT2D eigenvalue weighted by Gasteiger charge is -2.46. The third-order valence-corrected chi connectivity index (χ3v) is 10.9. The minimum absolute atomic E-state index is 0.0603. The lowest BCUT2D eigenvalue weighted by molar-refractivity contribution is -0.164. The third kappa shape index (κ3) is 9.06. The highest BCUT2D eigenvalue weighted by molar-refractivity contribution is 5.98. The molecule has 0 aromatic heterocycles. The summed E-state index contributed by atoms with van der Waals surface area (Å²) in [6.07, 6.45) is 4.45. The number of nitrogens with zero attached hydrogens (tertiary/aromatic N) is 2. The molecule has 3 amide bonds. The number of aliphatic hydroxyl groups excluding tert-OH is 1. The number of fused-ring (bicyclic) bond motifs is 1. The van der Waals surface area contributed by atoms with Crippen molar-refractivity contribution in [3.63, 3.8) is 0 Å². The van der Waals surface area contributed by atoms with Crippen molar-refractivity contribution < 1.29 is 38.5 Å². The fourth-order valence-electron chi connectivity index (χ4n) is 9.28. The Balaban J connectivity index is 1.78. The first kappa shape index (κ1) is 42.2. The van der Waals surface area contributed by atoms with Crippen molar-refractivity contribution in [1.29, 1.82) is 0 Å². The highest BCUT2D eigenvalue weighted by atomic mass is 16.6. The van der Waals surface area contributed by atoms with Gasteiger partial charge in [0, 0.05) is 25.6 Å². The highest BCUT2D eigenvalue weighted by Gasteiger charge is 2.76. The molecule has 3 heterocycles. The van der Waals surface area contributed by atoms with Crippen LogP contribution in [0.15, 0.2) is 55.6 Å². The Hall–Kier alpha value is -3.54. The second-order valence-corrected chi connectivity index (χ2v) is 17.3. The molecule has 0 unspecified atom stereocenters. The van der Waals surface area contributed by atoms with E-state index in [-0.39, 0.29) is 55.2 Å². The molecule has 3 fully saturated rings. The Labute approximate surface area is 316 Å². The molecule has 2 bridgehead atoms. The summed E-state index contributed by atoms with van der Waals surface area (Å²) in [5, 5.41) is 13.8. The molecule has 1 aromatic rings. The van der Waals surface area contributed by atoms with E-state index in [2.05, 4.69) is 39.2 Å². The number of esters is 1. The monoisotopic (exact) mass is 737 g/mol. The molecule has 1 aromatic carbocycles. The number of benzene rings is 1. The first-order valence-electron chi connectivity index (χ1n) is 19.1. The number of amides is 3. The van der Waals surface area contributed by atoms with Crippen molar-refractivity contribution >= 4 is 23.7 Å². The Morgan fingerprint density at radius 3 is 2.38 bits per heavy atom. The van der Waals surface area contributed by atoms with Crippen LogP contribution in [0, 0.1) is 23.2 Å². The van der Waals surface area contributed by atoms with Crippen LogP contribution < -0.4 is 5.32 Å². The van der Waals surface area contributed by atoms with Gasteiger partial charge in [0.1, 0.15) is 17.7 Å². The summed E-state index contributed by atoms with van der Waals surface area (Å²) in [4.78, 5) is 61.0. The zero-order chi connectivity index (χ0) is 39.3. The minimum atomic E-state index is -1.29. The standard InChI is InChI=1S/C42H63N3O8/c1-11-13-19-32(47)43-30(25-51-10)35(28-17-15-14-16-18-28)52-39(50)33-31-20-21-42(53-31)34(33)37(48)45(29(24-46)23-27(3)4)36(42)38(49)44(22-12-2)41(8,9)26-40(5,6)7/h11-12,14-18,27,29-31,33-36,46H,1-2,13,19-26H2,3-10H3,(H,43,47)/t29-,30-,31-,33+,34+,35-,36-,42+/m1/s1. The van der Waals surface area contributed by atoms with Crippen molar-refractivity contribution in [1.82, 2.24) is 15.1 Å². The Bertz CT molecular complexity index is 1470. The van der Waals surface area contributed by atoms with E-state index in [1.165, 1.54) is 7.11 Å². The number of carbonyl (C=O) groups excluding carboxylic acids is 4. The summed E-state index contributed by atoms with van der Waals surface area (Å²) in [5.74, 6) is -3.44. The summed E-state index contributed by atoms with van der Waals surface area (Å²) < 4.78 is 18.6. The molecular weight excluding hydrogens is 674 g/mol. The van der Waals surface area contributed by atoms with Gasteiger partial charge in [0.25, 0.3) is 0 Å². The number of carbonyl (C=O) groups is 4. The molecule has 2 N–H and O–H groups in total. The van der Waals surface area contributed by atoms with E-state index in [0.717, 1.165) is 0 Å². The van der Waals surface area contributed by atoms with E-state index in [4.69, 9.17) is 14.2 Å². The summed E-state index contributed by atoms with van der Waals surface area (Å²) >= 11 is 0. The number of methoxy groups -OCH3 is 1. The lowest BCUT2D eigenvalue weighted by Crippen LogP contribution is -2.62. The number of hydrogen-bond acceptors (Lipinski definition) is 8. The van der Waals surface area contributed by atoms with Gasteiger partial charge in [-0.1, -0.05) is 77.1 Å². The van der Waals surface area contributed by atoms with Crippen LogP contribution in [0.2, 0.25) is 0 Å². The summed E-state index contributed by atoms with van der Waals surface area (Å²) in [6.45, 7) is 22.1. The van der Waals surface area contributed by atoms with Gasteiger partial charge in [-0.15, -0.1) is 13.2 Å². The summed E-state index contributed by atoms with van der Waals surface area (Å²) in [5.41, 5.74) is -1.38. The van der Waals surface area contributed by atoms with Crippen molar-refractivity contribution in [2.45, 2.75) is 128 Å². The Morgan fingerprint density at radius 1 is 1.13 bits per heavy atom. The molecule has 0 radical (unpaired) electrons. The molecule has 3 saturated heterocycles. The molecule has 53 heavy (non-hydrogen) atoms. The molecule has 8 atom stereocenters. The van der Waals surface area contributed by atoms with Gasteiger partial charge >= 0.3 is 5.97 Å². The number of ether oxygens (including phenoxy) is 3. The van der Waals surface area contributed by atoms with Gasteiger partial charge in [0.15, 0.2) is 0 Å². The molecule has 4 rings (SSSR count). The van der Waals surface area contributed by atoms with Gasteiger partial charge in [-0.05, 0) is 62.8 Å². The SMILES string of the molecule is C=CCCC(=O)N[C@H](COC)[C@H](OC(=O)[C@@H]1[C@H]2C(=O)N([C@@H](CO)CC(C)C)[C@H](C(=O)N(CC=C)C(C)(C)CC(C)(C)C)[C@]23CC[C@H]1O3)c1ccccc1. The summed E-state index contributed by atoms with van der Waals surface area (Å²) in [6, 6.07) is 6.67. The summed E-state index contributed by atoms with van der Waals surface area (Å²) in [7, 11) is 1.51. The zero-order valence-corrected chi connectivity index (χ0v) is 33.1. The van der Waals surface area contributed by atoms with E-state index >= 15 is 4.79 Å². The quantitative estimate of drug-likeness (QED) is 0.143. The van der Waals surface area contributed by atoms with Crippen LogP contribution in [0.5, 0.6) is 0 Å². The third-order valence-electron chi connectivity index (χ3n) is 10.9. The van der Waals surface area contributed by atoms with Crippen LogP contribution in [0.25, 0.3) is 0 Å². The molecular formula is C42H63N3O8. The van der Waals surface area contributed by atoms with Crippen LogP contribution >= 0.6 is 0 Å². The molecule has 294 valence electrons. The number of rotatable bonds is 19.